The predicted octanol–water partition coefficient (Wildman–Crippen LogP) is -1.44. The predicted molar refractivity (Wildman–Crippen MR) is 125 cm³/mol. The van der Waals surface area contributed by atoms with Crippen LogP contribution in [-0.2, 0) is 24.4 Å². The van der Waals surface area contributed by atoms with Crippen LogP contribution in [0.1, 0.15) is 5.56 Å². The molecule has 0 bridgehead atoms. The maximum Gasteiger partial charge on any atom is 0.323 e. The first kappa shape index (κ1) is 25.6. The number of amidine groups is 1. The number of nitrogens with one attached hydrogen (secondary N) is 3. The third kappa shape index (κ3) is 6.74. The topological polar surface area (TPSA) is 199 Å². The Bertz CT molecular complexity index is 1200. The molecule has 3 rings (SSSR count). The zero-order chi connectivity index (χ0) is 25.6. The van der Waals surface area contributed by atoms with Crippen molar-refractivity contribution in [2.24, 2.45) is 5.73 Å². The number of carbonyl (C=O) groups excluding carboxylic acids is 2. The molecule has 1 aliphatic rings. The zero-order valence-electron chi connectivity index (χ0n) is 18.5. The number of amides is 2. The van der Waals surface area contributed by atoms with Crippen LogP contribution in [0.3, 0.4) is 0 Å². The summed E-state index contributed by atoms with van der Waals surface area (Å²) in [5.74, 6) is -2.45. The number of pyridine rings is 1. The lowest BCUT2D eigenvalue weighted by Crippen LogP contribution is -2.54. The Balaban J connectivity index is 1.52. The number of aliphatic carboxylic acids is 1. The van der Waals surface area contributed by atoms with E-state index in [1.807, 2.05) is 9.62 Å². The minimum Gasteiger partial charge on any atom is -0.480 e. The van der Waals surface area contributed by atoms with Crippen molar-refractivity contribution >= 4 is 39.3 Å². The molecule has 0 spiro atoms. The Morgan fingerprint density at radius 2 is 1.91 bits per heavy atom. The number of carboxylic acid groups (broad SMARTS) is 1. The van der Waals surface area contributed by atoms with Crippen LogP contribution in [0.5, 0.6) is 0 Å². The van der Waals surface area contributed by atoms with Crippen LogP contribution < -0.4 is 20.7 Å². The van der Waals surface area contributed by atoms with E-state index in [1.54, 1.807) is 24.3 Å². The number of carbonyl (C=O) groups is 3. The summed E-state index contributed by atoms with van der Waals surface area (Å²) < 4.78 is 26.7. The summed E-state index contributed by atoms with van der Waals surface area (Å²) >= 11 is 0. The number of piperazine rings is 1. The van der Waals surface area contributed by atoms with Crippen molar-refractivity contribution < 1.29 is 27.9 Å². The maximum absolute atomic E-state index is 12.5. The second kappa shape index (κ2) is 10.9. The Labute approximate surface area is 201 Å². The van der Waals surface area contributed by atoms with Gasteiger partial charge in [-0.15, -0.1) is 0 Å². The number of carboxylic acids is 1. The minimum absolute atomic E-state index is 0.0371. The molecule has 0 unspecified atom stereocenters. The van der Waals surface area contributed by atoms with Crippen molar-refractivity contribution in [3.63, 3.8) is 0 Å². The number of rotatable bonds is 10. The molecule has 6 N–H and O–H groups in total. The first-order valence-electron chi connectivity index (χ1n) is 10.5. The summed E-state index contributed by atoms with van der Waals surface area (Å²) in [6.07, 6.45) is 2.45. The van der Waals surface area contributed by atoms with Gasteiger partial charge in [-0.1, -0.05) is 0 Å². The first-order chi connectivity index (χ1) is 16.6. The first-order valence-corrected chi connectivity index (χ1v) is 11.9. The van der Waals surface area contributed by atoms with Crippen molar-refractivity contribution in [3.05, 3.63) is 54.4 Å². The number of nitrogen functional groups attached to an aromatic ring is 1. The maximum atomic E-state index is 12.5. The average molecular weight is 504 g/mol. The summed E-state index contributed by atoms with van der Waals surface area (Å²) in [5, 5.41) is 19.2. The molecule has 186 valence electrons. The molecule has 1 aromatic carbocycles. The highest BCUT2D eigenvalue weighted by Gasteiger charge is 2.28. The number of benzene rings is 1. The molecule has 1 aromatic heterocycles. The van der Waals surface area contributed by atoms with Crippen molar-refractivity contribution in [3.8, 4) is 0 Å². The molecule has 0 saturated carbocycles. The molecule has 14 heteroatoms. The van der Waals surface area contributed by atoms with Crippen LogP contribution in [0.4, 0.5) is 5.69 Å². The van der Waals surface area contributed by atoms with Gasteiger partial charge in [-0.05, 0) is 36.4 Å². The molecule has 35 heavy (non-hydrogen) atoms. The smallest absolute Gasteiger partial charge is 0.323 e. The van der Waals surface area contributed by atoms with Crippen LogP contribution in [0, 0.1) is 5.41 Å². The third-order valence-electron chi connectivity index (χ3n) is 5.24. The number of nitrogens with two attached hydrogens (primary N) is 1. The van der Waals surface area contributed by atoms with Crippen molar-refractivity contribution in [1.29, 1.82) is 5.41 Å². The normalized spacial score (nSPS) is 14.9. The van der Waals surface area contributed by atoms with Gasteiger partial charge in [0.2, 0.25) is 21.8 Å². The number of sulfonamides is 1. The number of aromatic nitrogens is 1. The van der Waals surface area contributed by atoms with Gasteiger partial charge in [-0.25, -0.2) is 8.42 Å². The molecule has 2 amide bonds. The fourth-order valence-corrected chi connectivity index (χ4v) is 4.49. The van der Waals surface area contributed by atoms with Gasteiger partial charge in [0.15, 0.2) is 0 Å². The van der Waals surface area contributed by atoms with Crippen molar-refractivity contribution in [2.75, 3.05) is 37.6 Å². The second-order valence-corrected chi connectivity index (χ2v) is 9.42. The Kier molecular flexibility index (Phi) is 7.98. The highest BCUT2D eigenvalue weighted by molar-refractivity contribution is 7.89. The third-order valence-corrected chi connectivity index (χ3v) is 6.70. The van der Waals surface area contributed by atoms with Gasteiger partial charge in [0, 0.05) is 43.3 Å². The summed E-state index contributed by atoms with van der Waals surface area (Å²) in [4.78, 5) is 43.0. The zero-order valence-corrected chi connectivity index (χ0v) is 19.4. The highest BCUT2D eigenvalue weighted by atomic mass is 32.2. The Morgan fingerprint density at radius 1 is 1.20 bits per heavy atom. The van der Waals surface area contributed by atoms with Crippen LogP contribution in [0.25, 0.3) is 0 Å². The fraction of sp³-hybridized carbons (Fsp3) is 0.286. The second-order valence-electron chi connectivity index (χ2n) is 7.70. The fourth-order valence-electron chi connectivity index (χ4n) is 3.33. The van der Waals surface area contributed by atoms with Gasteiger partial charge in [0.25, 0.3) is 0 Å². The van der Waals surface area contributed by atoms with E-state index in [4.69, 9.17) is 11.1 Å². The van der Waals surface area contributed by atoms with E-state index in [0.717, 1.165) is 11.9 Å². The van der Waals surface area contributed by atoms with E-state index in [-0.39, 0.29) is 36.3 Å². The lowest BCUT2D eigenvalue weighted by atomic mass is 10.1. The average Bonchev–Trinajstić information content (AvgIpc) is 2.83. The van der Waals surface area contributed by atoms with Gasteiger partial charge in [0.05, 0.1) is 13.1 Å². The molecule has 2 aromatic rings. The summed E-state index contributed by atoms with van der Waals surface area (Å²) in [5.41, 5.74) is 6.79. The van der Waals surface area contributed by atoms with E-state index >= 15 is 0 Å². The monoisotopic (exact) mass is 503 g/mol. The SMILES string of the molecule is N=C(N)c1ccc(N2CCN(CC(=O)NC[C@H](NS(=O)(=O)c3cccnc3)C(=O)O)C(=O)C2)cc1. The number of nitrogens with zero attached hydrogens (tertiary/aromatic N) is 3. The molecule has 1 atom stereocenters. The van der Waals surface area contributed by atoms with Gasteiger partial charge >= 0.3 is 5.97 Å². The van der Waals surface area contributed by atoms with E-state index < -0.39 is 34.5 Å². The summed E-state index contributed by atoms with van der Waals surface area (Å²) in [6, 6.07) is 7.91. The Morgan fingerprint density at radius 3 is 2.49 bits per heavy atom. The van der Waals surface area contributed by atoms with Gasteiger partial charge in [-0.2, -0.15) is 4.72 Å². The molecule has 13 nitrogen and oxygen atoms in total. The van der Waals surface area contributed by atoms with Gasteiger partial charge < -0.3 is 26.0 Å². The quantitative estimate of drug-likeness (QED) is 0.190. The van der Waals surface area contributed by atoms with Crippen LogP contribution in [0.2, 0.25) is 0 Å². The minimum atomic E-state index is -4.16. The summed E-state index contributed by atoms with van der Waals surface area (Å²) in [6.45, 7) is -0.0465. The molecule has 1 saturated heterocycles. The van der Waals surface area contributed by atoms with Crippen LogP contribution in [-0.4, -0.2) is 85.8 Å². The van der Waals surface area contributed by atoms with Crippen LogP contribution in [0.15, 0.2) is 53.7 Å². The van der Waals surface area contributed by atoms with Crippen molar-refractivity contribution in [2.45, 2.75) is 10.9 Å². The molecule has 1 fully saturated rings. The standard InChI is InChI=1S/C21H25N7O6S/c22-20(23)14-3-5-15(6-4-14)27-8-9-28(19(30)13-27)12-18(29)25-11-17(21(31)32)26-35(33,34)16-2-1-7-24-10-16/h1-7,10,17,26H,8-9,11-13H2,(H3,22,23)(H,25,29)(H,31,32)/t17-/m0/s1. The molecule has 2 heterocycles. The summed E-state index contributed by atoms with van der Waals surface area (Å²) in [7, 11) is -4.16. The van der Waals surface area contributed by atoms with E-state index in [0.29, 0.717) is 12.1 Å². The highest BCUT2D eigenvalue weighted by Crippen LogP contribution is 2.17. The lowest BCUT2D eigenvalue weighted by molar-refractivity contribution is -0.139. The molecule has 0 radical (unpaired) electrons. The molecule has 0 aliphatic carbocycles. The largest absolute Gasteiger partial charge is 0.480 e. The number of hydrogen-bond donors (Lipinski definition) is 5. The number of anilines is 1. The number of hydrogen-bond acceptors (Lipinski definition) is 8. The van der Waals surface area contributed by atoms with Crippen LogP contribution >= 0.6 is 0 Å². The van der Waals surface area contributed by atoms with Crippen molar-refractivity contribution in [1.82, 2.24) is 19.9 Å². The molecular formula is C21H25N7O6S. The lowest BCUT2D eigenvalue weighted by Gasteiger charge is -2.35. The van der Waals surface area contributed by atoms with Gasteiger partial charge in [0.1, 0.15) is 16.8 Å². The Hall–Kier alpha value is -4.04. The molecule has 1 aliphatic heterocycles. The van der Waals surface area contributed by atoms with E-state index in [1.165, 1.54) is 23.2 Å². The van der Waals surface area contributed by atoms with Gasteiger partial charge in [-0.3, -0.25) is 24.8 Å². The van der Waals surface area contributed by atoms with E-state index in [9.17, 15) is 27.9 Å². The molecular weight excluding hydrogens is 478 g/mol. The van der Waals surface area contributed by atoms with E-state index in [2.05, 4.69) is 10.3 Å².